The van der Waals surface area contributed by atoms with Gasteiger partial charge in [-0.25, -0.2) is 0 Å². The lowest BCUT2D eigenvalue weighted by molar-refractivity contribution is -0.118. The molecule has 1 amide bonds. The summed E-state index contributed by atoms with van der Waals surface area (Å²) >= 11 is 2.82. The molecule has 24 heavy (non-hydrogen) atoms. The van der Waals surface area contributed by atoms with Crippen molar-refractivity contribution in [3.8, 4) is 16.9 Å². The Kier molecular flexibility index (Phi) is 5.45. The zero-order chi connectivity index (χ0) is 16.8. The average molecular weight is 357 g/mol. The molecule has 3 rings (SSSR count). The maximum absolute atomic E-state index is 11.9. The van der Waals surface area contributed by atoms with Crippen LogP contribution in [-0.4, -0.2) is 29.0 Å². The maximum atomic E-state index is 11.9. The van der Waals surface area contributed by atoms with Crippen LogP contribution in [0.5, 0.6) is 5.75 Å². The highest BCUT2D eigenvalue weighted by Crippen LogP contribution is 2.23. The molecule has 0 bridgehead atoms. The van der Waals surface area contributed by atoms with Gasteiger partial charge in [0.25, 0.3) is 5.91 Å². The van der Waals surface area contributed by atoms with Crippen LogP contribution in [0.1, 0.15) is 0 Å². The molecule has 0 aliphatic rings. The summed E-state index contributed by atoms with van der Waals surface area (Å²) in [4.78, 5) is 11.9. The zero-order valence-electron chi connectivity index (χ0n) is 12.9. The molecule has 0 unspecified atom stereocenters. The van der Waals surface area contributed by atoms with Crippen molar-refractivity contribution in [1.29, 1.82) is 0 Å². The van der Waals surface area contributed by atoms with Crippen LogP contribution >= 0.6 is 23.1 Å². The first-order chi connectivity index (χ1) is 11.7. The second-order valence-electron chi connectivity index (χ2n) is 4.80. The van der Waals surface area contributed by atoms with Gasteiger partial charge in [-0.3, -0.25) is 10.1 Å². The fourth-order valence-corrected chi connectivity index (χ4v) is 3.21. The largest absolute Gasteiger partial charge is 0.484 e. The van der Waals surface area contributed by atoms with E-state index in [1.165, 1.54) is 23.1 Å². The first kappa shape index (κ1) is 16.5. The normalized spacial score (nSPS) is 10.4. The third kappa shape index (κ3) is 4.33. The molecule has 0 fully saturated rings. The molecule has 0 atom stereocenters. The average Bonchev–Trinajstić information content (AvgIpc) is 3.09. The molecule has 3 aromatic rings. The number of nitrogens with zero attached hydrogens (tertiary/aromatic N) is 2. The molecular formula is C17H15N3O2S2. The van der Waals surface area contributed by atoms with E-state index in [4.69, 9.17) is 4.74 Å². The van der Waals surface area contributed by atoms with E-state index in [1.54, 1.807) is 0 Å². The van der Waals surface area contributed by atoms with E-state index in [0.29, 0.717) is 10.9 Å². The van der Waals surface area contributed by atoms with Crippen molar-refractivity contribution in [3.63, 3.8) is 0 Å². The summed E-state index contributed by atoms with van der Waals surface area (Å²) in [5.41, 5.74) is 2.24. The van der Waals surface area contributed by atoms with Crippen molar-refractivity contribution in [2.24, 2.45) is 0 Å². The number of hydrogen-bond acceptors (Lipinski definition) is 6. The predicted octanol–water partition coefficient (Wildman–Crippen LogP) is 3.94. The molecule has 0 aliphatic heterocycles. The lowest BCUT2D eigenvalue weighted by Gasteiger charge is -2.07. The molecule has 1 aromatic heterocycles. The van der Waals surface area contributed by atoms with Crippen LogP contribution in [0.2, 0.25) is 0 Å². The standard InChI is InChI=1S/C17H15N3O2S2/c1-23-17-20-19-16(24-17)18-15(21)11-22-14-9-7-13(8-10-14)12-5-3-2-4-6-12/h2-10H,11H2,1H3,(H,18,19,21). The van der Waals surface area contributed by atoms with Gasteiger partial charge in [-0.1, -0.05) is 65.6 Å². The molecule has 0 saturated carbocycles. The molecule has 0 spiro atoms. The van der Waals surface area contributed by atoms with Gasteiger partial charge in [0.1, 0.15) is 5.75 Å². The highest BCUT2D eigenvalue weighted by molar-refractivity contribution is 8.00. The van der Waals surface area contributed by atoms with Crippen molar-refractivity contribution in [2.75, 3.05) is 18.2 Å². The molecule has 7 heteroatoms. The minimum atomic E-state index is -0.258. The minimum absolute atomic E-state index is 0.0706. The molecule has 5 nitrogen and oxygen atoms in total. The second kappa shape index (κ2) is 7.94. The first-order valence-electron chi connectivity index (χ1n) is 7.20. The molecule has 122 valence electrons. The fourth-order valence-electron chi connectivity index (χ4n) is 2.02. The van der Waals surface area contributed by atoms with Crippen LogP contribution in [0.4, 0.5) is 5.13 Å². The number of anilines is 1. The van der Waals surface area contributed by atoms with Gasteiger partial charge < -0.3 is 4.74 Å². The number of benzene rings is 2. The zero-order valence-corrected chi connectivity index (χ0v) is 14.6. The summed E-state index contributed by atoms with van der Waals surface area (Å²) in [5, 5.41) is 11.0. The van der Waals surface area contributed by atoms with Crippen LogP contribution < -0.4 is 10.1 Å². The summed E-state index contributed by atoms with van der Waals surface area (Å²) in [5.74, 6) is 0.387. The second-order valence-corrected chi connectivity index (χ2v) is 6.84. The number of nitrogens with one attached hydrogen (secondary N) is 1. The van der Waals surface area contributed by atoms with Gasteiger partial charge in [0.15, 0.2) is 10.9 Å². The summed E-state index contributed by atoms with van der Waals surface area (Å²) in [6.45, 7) is -0.0706. The Hall–Kier alpha value is -2.38. The SMILES string of the molecule is CSc1nnc(NC(=O)COc2ccc(-c3ccccc3)cc2)s1. The quantitative estimate of drug-likeness (QED) is 0.535. The van der Waals surface area contributed by atoms with E-state index in [-0.39, 0.29) is 12.5 Å². The van der Waals surface area contributed by atoms with Crippen LogP contribution in [0.3, 0.4) is 0 Å². The Morgan fingerprint density at radius 2 is 1.79 bits per heavy atom. The van der Waals surface area contributed by atoms with Gasteiger partial charge in [-0.15, -0.1) is 10.2 Å². The van der Waals surface area contributed by atoms with Crippen LogP contribution in [0.25, 0.3) is 11.1 Å². The lowest BCUT2D eigenvalue weighted by atomic mass is 10.1. The van der Waals surface area contributed by atoms with Gasteiger partial charge in [-0.05, 0) is 29.5 Å². The number of ether oxygens (including phenoxy) is 1. The minimum Gasteiger partial charge on any atom is -0.484 e. The third-order valence-electron chi connectivity index (χ3n) is 3.16. The van der Waals surface area contributed by atoms with E-state index >= 15 is 0 Å². The van der Waals surface area contributed by atoms with Gasteiger partial charge in [0.2, 0.25) is 5.13 Å². The lowest BCUT2D eigenvalue weighted by Crippen LogP contribution is -2.20. The van der Waals surface area contributed by atoms with Crippen molar-refractivity contribution in [2.45, 2.75) is 4.34 Å². The van der Waals surface area contributed by atoms with Crippen molar-refractivity contribution in [3.05, 3.63) is 54.6 Å². The number of rotatable bonds is 6. The van der Waals surface area contributed by atoms with E-state index in [9.17, 15) is 4.79 Å². The molecule has 2 aromatic carbocycles. The molecule has 1 N–H and O–H groups in total. The van der Waals surface area contributed by atoms with Crippen molar-refractivity contribution >= 4 is 34.1 Å². The number of carbonyl (C=O) groups excluding carboxylic acids is 1. The number of aromatic nitrogens is 2. The number of carbonyl (C=O) groups is 1. The third-order valence-corrected chi connectivity index (χ3v) is 4.97. The Morgan fingerprint density at radius 1 is 1.08 bits per heavy atom. The summed E-state index contributed by atoms with van der Waals surface area (Å²) in [7, 11) is 0. The molecule has 1 heterocycles. The van der Waals surface area contributed by atoms with E-state index in [2.05, 4.69) is 15.5 Å². The highest BCUT2D eigenvalue weighted by atomic mass is 32.2. The van der Waals surface area contributed by atoms with Crippen molar-refractivity contribution in [1.82, 2.24) is 10.2 Å². The van der Waals surface area contributed by atoms with Crippen LogP contribution in [0.15, 0.2) is 58.9 Å². The van der Waals surface area contributed by atoms with Gasteiger partial charge in [-0.2, -0.15) is 0 Å². The first-order valence-corrected chi connectivity index (χ1v) is 9.24. The van der Waals surface area contributed by atoms with Crippen molar-refractivity contribution < 1.29 is 9.53 Å². The summed E-state index contributed by atoms with van der Waals surface area (Å²) in [6.07, 6.45) is 1.91. The van der Waals surface area contributed by atoms with E-state index < -0.39 is 0 Å². The Balaban J connectivity index is 1.53. The number of thioether (sulfide) groups is 1. The predicted molar refractivity (Wildman–Crippen MR) is 97.7 cm³/mol. The van der Waals surface area contributed by atoms with E-state index in [0.717, 1.165) is 15.5 Å². The number of amides is 1. The monoisotopic (exact) mass is 357 g/mol. The Morgan fingerprint density at radius 3 is 2.46 bits per heavy atom. The Bertz CT molecular complexity index is 804. The maximum Gasteiger partial charge on any atom is 0.264 e. The number of hydrogen-bond donors (Lipinski definition) is 1. The van der Waals surface area contributed by atoms with Crippen LogP contribution in [0, 0.1) is 0 Å². The topological polar surface area (TPSA) is 64.1 Å². The van der Waals surface area contributed by atoms with Gasteiger partial charge in [0, 0.05) is 0 Å². The fraction of sp³-hybridized carbons (Fsp3) is 0.118. The molecule has 0 radical (unpaired) electrons. The van der Waals surface area contributed by atoms with E-state index in [1.807, 2.05) is 60.9 Å². The summed E-state index contributed by atoms with van der Waals surface area (Å²) < 4.78 is 6.31. The van der Waals surface area contributed by atoms with Crippen LogP contribution in [-0.2, 0) is 4.79 Å². The van der Waals surface area contributed by atoms with Gasteiger partial charge in [0.05, 0.1) is 0 Å². The molecular weight excluding hydrogens is 342 g/mol. The highest BCUT2D eigenvalue weighted by Gasteiger charge is 2.08. The molecule has 0 aliphatic carbocycles. The summed E-state index contributed by atoms with van der Waals surface area (Å²) in [6, 6.07) is 17.7. The van der Waals surface area contributed by atoms with Gasteiger partial charge >= 0.3 is 0 Å². The Labute approximate surface area is 148 Å². The molecule has 0 saturated heterocycles. The smallest absolute Gasteiger partial charge is 0.264 e.